The van der Waals surface area contributed by atoms with Crippen LogP contribution in [0.1, 0.15) is 11.3 Å². The maximum atomic E-state index is 5.45. The fraction of sp³-hybridized carbons (Fsp3) is 0.0909. The van der Waals surface area contributed by atoms with Crippen molar-refractivity contribution in [1.29, 1.82) is 0 Å². The third kappa shape index (κ3) is 0.820. The number of aryl methyl sites for hydroxylation is 1. The number of furan rings is 1. The highest BCUT2D eigenvalue weighted by Crippen LogP contribution is 2.23. The van der Waals surface area contributed by atoms with Crippen LogP contribution in [0.4, 0.5) is 0 Å². The van der Waals surface area contributed by atoms with Crippen LogP contribution in [0.2, 0.25) is 0 Å². The smallest absolute Gasteiger partial charge is 0.135 e. The second-order valence-corrected chi connectivity index (χ2v) is 2.67. The van der Waals surface area contributed by atoms with Crippen molar-refractivity contribution in [2.75, 3.05) is 0 Å². The number of fused-ring (bicyclic) bond motifs is 1. The molecule has 0 saturated carbocycles. The van der Waals surface area contributed by atoms with E-state index in [-0.39, 0.29) is 0 Å². The normalized spacial score (nSPS) is 10.0. The molecule has 0 spiro atoms. The van der Waals surface area contributed by atoms with E-state index >= 15 is 0 Å². The quantitative estimate of drug-likeness (QED) is 0.534. The number of rotatable bonds is 0. The highest BCUT2D eigenvalue weighted by atomic mass is 16.3. The SMILES string of the molecule is C#Cc1c(C)oc2ccccc12. The van der Waals surface area contributed by atoms with Gasteiger partial charge in [-0.1, -0.05) is 18.1 Å². The summed E-state index contributed by atoms with van der Waals surface area (Å²) in [6.45, 7) is 1.88. The highest BCUT2D eigenvalue weighted by molar-refractivity contribution is 5.85. The zero-order valence-corrected chi connectivity index (χ0v) is 6.79. The molecule has 0 aliphatic rings. The molecule has 0 unspecified atom stereocenters. The number of terminal acetylenes is 1. The van der Waals surface area contributed by atoms with E-state index in [0.717, 1.165) is 22.3 Å². The molecule has 58 valence electrons. The molecular weight excluding hydrogens is 148 g/mol. The van der Waals surface area contributed by atoms with Gasteiger partial charge in [-0.15, -0.1) is 6.42 Å². The van der Waals surface area contributed by atoms with Gasteiger partial charge in [0, 0.05) is 5.39 Å². The van der Waals surface area contributed by atoms with Gasteiger partial charge in [0.15, 0.2) is 0 Å². The van der Waals surface area contributed by atoms with Crippen LogP contribution in [0, 0.1) is 19.3 Å². The number of para-hydroxylation sites is 1. The van der Waals surface area contributed by atoms with Gasteiger partial charge in [-0.25, -0.2) is 0 Å². The fourth-order valence-corrected chi connectivity index (χ4v) is 1.35. The second-order valence-electron chi connectivity index (χ2n) is 2.67. The standard InChI is InChI=1S/C11H8O/c1-3-9-8(2)12-11-7-5-4-6-10(9)11/h1,4-7H,2H3. The first-order valence-corrected chi connectivity index (χ1v) is 3.77. The van der Waals surface area contributed by atoms with Crippen LogP contribution in [0.3, 0.4) is 0 Å². The lowest BCUT2D eigenvalue weighted by Crippen LogP contribution is -1.71. The van der Waals surface area contributed by atoms with Crippen molar-refractivity contribution < 1.29 is 4.42 Å². The third-order valence-corrected chi connectivity index (χ3v) is 1.92. The van der Waals surface area contributed by atoms with Crippen molar-refractivity contribution in [3.8, 4) is 12.3 Å². The Labute approximate surface area is 71.0 Å². The topological polar surface area (TPSA) is 13.1 Å². The molecule has 1 heterocycles. The van der Waals surface area contributed by atoms with Gasteiger partial charge in [0.2, 0.25) is 0 Å². The molecule has 0 fully saturated rings. The third-order valence-electron chi connectivity index (χ3n) is 1.92. The minimum atomic E-state index is 0.818. The average Bonchev–Trinajstić information content (AvgIpc) is 2.40. The van der Waals surface area contributed by atoms with Crippen LogP contribution in [0.25, 0.3) is 11.0 Å². The molecule has 1 aromatic heterocycles. The molecular formula is C11H8O. The van der Waals surface area contributed by atoms with E-state index in [1.165, 1.54) is 0 Å². The van der Waals surface area contributed by atoms with E-state index < -0.39 is 0 Å². The molecule has 0 atom stereocenters. The molecule has 2 rings (SSSR count). The lowest BCUT2D eigenvalue weighted by atomic mass is 10.1. The first-order chi connectivity index (χ1) is 5.83. The Morgan fingerprint density at radius 1 is 1.33 bits per heavy atom. The lowest BCUT2D eigenvalue weighted by Gasteiger charge is -1.84. The van der Waals surface area contributed by atoms with Gasteiger partial charge < -0.3 is 4.42 Å². The largest absolute Gasteiger partial charge is 0.460 e. The Morgan fingerprint density at radius 2 is 2.08 bits per heavy atom. The molecule has 2 aromatic rings. The summed E-state index contributed by atoms with van der Waals surface area (Å²) in [7, 11) is 0. The minimum absolute atomic E-state index is 0.818. The summed E-state index contributed by atoms with van der Waals surface area (Å²) >= 11 is 0. The van der Waals surface area contributed by atoms with E-state index in [9.17, 15) is 0 Å². The van der Waals surface area contributed by atoms with Crippen LogP contribution in [-0.4, -0.2) is 0 Å². The van der Waals surface area contributed by atoms with Gasteiger partial charge in [-0.2, -0.15) is 0 Å². The van der Waals surface area contributed by atoms with Crippen LogP contribution in [-0.2, 0) is 0 Å². The van der Waals surface area contributed by atoms with Crippen molar-refractivity contribution in [3.05, 3.63) is 35.6 Å². The molecule has 1 aromatic carbocycles. The summed E-state index contributed by atoms with van der Waals surface area (Å²) in [6, 6.07) is 7.79. The number of benzene rings is 1. The molecule has 0 bridgehead atoms. The maximum absolute atomic E-state index is 5.45. The zero-order chi connectivity index (χ0) is 8.55. The average molecular weight is 156 g/mol. The summed E-state index contributed by atoms with van der Waals surface area (Å²) < 4.78 is 5.45. The molecule has 0 aliphatic heterocycles. The van der Waals surface area contributed by atoms with Crippen LogP contribution in [0.15, 0.2) is 28.7 Å². The van der Waals surface area contributed by atoms with Gasteiger partial charge in [-0.05, 0) is 19.1 Å². The molecule has 0 amide bonds. The lowest BCUT2D eigenvalue weighted by molar-refractivity contribution is 0.577. The van der Waals surface area contributed by atoms with E-state index in [2.05, 4.69) is 5.92 Å². The fourth-order valence-electron chi connectivity index (χ4n) is 1.35. The summed E-state index contributed by atoms with van der Waals surface area (Å²) in [5.41, 5.74) is 1.73. The molecule has 1 nitrogen and oxygen atoms in total. The van der Waals surface area contributed by atoms with E-state index in [4.69, 9.17) is 10.8 Å². The van der Waals surface area contributed by atoms with Crippen molar-refractivity contribution in [2.45, 2.75) is 6.92 Å². The van der Waals surface area contributed by atoms with E-state index in [1.54, 1.807) is 0 Å². The van der Waals surface area contributed by atoms with Gasteiger partial charge in [0.25, 0.3) is 0 Å². The van der Waals surface area contributed by atoms with Crippen LogP contribution in [0.5, 0.6) is 0 Å². The van der Waals surface area contributed by atoms with E-state index in [1.807, 2.05) is 31.2 Å². The first-order valence-electron chi connectivity index (χ1n) is 3.77. The Balaban J connectivity index is 2.93. The minimum Gasteiger partial charge on any atom is -0.460 e. The van der Waals surface area contributed by atoms with Crippen molar-refractivity contribution in [2.24, 2.45) is 0 Å². The summed E-state index contributed by atoms with van der Waals surface area (Å²) in [5.74, 6) is 3.44. The molecule has 0 aliphatic carbocycles. The van der Waals surface area contributed by atoms with E-state index in [0.29, 0.717) is 0 Å². The van der Waals surface area contributed by atoms with Crippen molar-refractivity contribution >= 4 is 11.0 Å². The van der Waals surface area contributed by atoms with Crippen LogP contribution >= 0.6 is 0 Å². The van der Waals surface area contributed by atoms with Gasteiger partial charge in [0.05, 0.1) is 5.56 Å². The molecule has 1 heteroatoms. The summed E-state index contributed by atoms with van der Waals surface area (Å²) in [4.78, 5) is 0. The molecule has 0 N–H and O–H groups in total. The van der Waals surface area contributed by atoms with Crippen molar-refractivity contribution in [3.63, 3.8) is 0 Å². The van der Waals surface area contributed by atoms with Crippen molar-refractivity contribution in [1.82, 2.24) is 0 Å². The second kappa shape index (κ2) is 2.42. The van der Waals surface area contributed by atoms with Gasteiger partial charge in [0.1, 0.15) is 11.3 Å². The van der Waals surface area contributed by atoms with Crippen LogP contribution < -0.4 is 0 Å². The Morgan fingerprint density at radius 3 is 2.83 bits per heavy atom. The predicted molar refractivity (Wildman–Crippen MR) is 48.9 cm³/mol. The Bertz CT molecular complexity index is 457. The summed E-state index contributed by atoms with van der Waals surface area (Å²) in [6.07, 6.45) is 5.35. The Hall–Kier alpha value is -1.68. The highest BCUT2D eigenvalue weighted by Gasteiger charge is 2.06. The van der Waals surface area contributed by atoms with Gasteiger partial charge >= 0.3 is 0 Å². The number of hydrogen-bond donors (Lipinski definition) is 0. The predicted octanol–water partition coefficient (Wildman–Crippen LogP) is 2.72. The molecule has 12 heavy (non-hydrogen) atoms. The first kappa shape index (κ1) is 7.00. The molecule has 0 saturated heterocycles. The zero-order valence-electron chi connectivity index (χ0n) is 6.79. The molecule has 0 radical (unpaired) electrons. The Kier molecular flexibility index (Phi) is 1.41. The maximum Gasteiger partial charge on any atom is 0.135 e. The number of hydrogen-bond acceptors (Lipinski definition) is 1. The monoisotopic (exact) mass is 156 g/mol. The van der Waals surface area contributed by atoms with Gasteiger partial charge in [-0.3, -0.25) is 0 Å². The summed E-state index contributed by atoms with van der Waals surface area (Å²) in [5, 5.41) is 1.03.